The number of hydrogen-bond donors (Lipinski definition) is 0. The van der Waals surface area contributed by atoms with Gasteiger partial charge in [-0.1, -0.05) is 58.0 Å². The van der Waals surface area contributed by atoms with Gasteiger partial charge in [0.1, 0.15) is 0 Å². The highest BCUT2D eigenvalue weighted by atomic mass is 79.9. The second kappa shape index (κ2) is 8.27. The van der Waals surface area contributed by atoms with Crippen LogP contribution in [0.1, 0.15) is 11.6 Å². The molecule has 0 spiro atoms. The van der Waals surface area contributed by atoms with Crippen molar-refractivity contribution in [3.63, 3.8) is 0 Å². The minimum Gasteiger partial charge on any atom is -0.348 e. The third-order valence-corrected chi connectivity index (χ3v) is 5.99. The smallest absolute Gasteiger partial charge is 0.159 e. The average Bonchev–Trinajstić information content (AvgIpc) is 3.01. The van der Waals surface area contributed by atoms with E-state index in [1.807, 2.05) is 11.8 Å². The first-order valence-electron chi connectivity index (χ1n) is 7.56. The molecule has 1 atom stereocenters. The molecule has 0 amide bonds. The molecular weight excluding hydrogens is 388 g/mol. The van der Waals surface area contributed by atoms with E-state index in [4.69, 9.17) is 4.99 Å². The van der Waals surface area contributed by atoms with Gasteiger partial charge in [0.25, 0.3) is 0 Å². The highest BCUT2D eigenvalue weighted by Gasteiger charge is 2.25. The molecule has 0 aliphatic carbocycles. The fourth-order valence-electron chi connectivity index (χ4n) is 2.57. The SMILES string of the molecule is CSC1=NC(c2ccccc2)CN1CCSc1ccc(Br)cc1. The maximum absolute atomic E-state index is 4.89. The van der Waals surface area contributed by atoms with Crippen LogP contribution in [0.5, 0.6) is 0 Å². The largest absolute Gasteiger partial charge is 0.348 e. The molecule has 0 saturated heterocycles. The predicted octanol–water partition coefficient (Wildman–Crippen LogP) is 5.32. The van der Waals surface area contributed by atoms with E-state index in [0.29, 0.717) is 0 Å². The van der Waals surface area contributed by atoms with Crippen molar-refractivity contribution in [2.24, 2.45) is 4.99 Å². The van der Waals surface area contributed by atoms with Gasteiger partial charge in [-0.3, -0.25) is 4.99 Å². The van der Waals surface area contributed by atoms with Crippen molar-refractivity contribution >= 4 is 44.6 Å². The molecule has 23 heavy (non-hydrogen) atoms. The number of nitrogens with zero attached hydrogens (tertiary/aromatic N) is 2. The third-order valence-electron chi connectivity index (χ3n) is 3.74. The van der Waals surface area contributed by atoms with Gasteiger partial charge in [-0.25, -0.2) is 0 Å². The molecule has 120 valence electrons. The van der Waals surface area contributed by atoms with Gasteiger partial charge in [0, 0.05) is 28.2 Å². The van der Waals surface area contributed by atoms with Crippen LogP contribution in [0.2, 0.25) is 0 Å². The van der Waals surface area contributed by atoms with Crippen molar-refractivity contribution in [3.05, 3.63) is 64.6 Å². The van der Waals surface area contributed by atoms with E-state index < -0.39 is 0 Å². The highest BCUT2D eigenvalue weighted by molar-refractivity contribution is 9.10. The molecule has 2 aromatic carbocycles. The second-order valence-corrected chi connectivity index (χ2v) is 8.15. The molecule has 0 aromatic heterocycles. The molecule has 0 radical (unpaired) electrons. The van der Waals surface area contributed by atoms with Gasteiger partial charge in [0.05, 0.1) is 6.04 Å². The van der Waals surface area contributed by atoms with Crippen molar-refractivity contribution < 1.29 is 0 Å². The first-order valence-corrected chi connectivity index (χ1v) is 10.6. The van der Waals surface area contributed by atoms with Crippen molar-refractivity contribution in [2.75, 3.05) is 25.1 Å². The van der Waals surface area contributed by atoms with Gasteiger partial charge < -0.3 is 4.90 Å². The van der Waals surface area contributed by atoms with Gasteiger partial charge in [-0.05, 0) is 36.1 Å². The maximum atomic E-state index is 4.89. The molecular formula is C18H19BrN2S2. The number of thioether (sulfide) groups is 2. The number of rotatable bonds is 5. The van der Waals surface area contributed by atoms with Gasteiger partial charge in [0.15, 0.2) is 5.17 Å². The quantitative estimate of drug-likeness (QED) is 0.624. The summed E-state index contributed by atoms with van der Waals surface area (Å²) in [6, 6.07) is 19.4. The van der Waals surface area contributed by atoms with E-state index in [1.54, 1.807) is 11.8 Å². The zero-order chi connectivity index (χ0) is 16.1. The number of benzene rings is 2. The zero-order valence-electron chi connectivity index (χ0n) is 13.0. The van der Waals surface area contributed by atoms with Crippen molar-refractivity contribution in [1.29, 1.82) is 0 Å². The van der Waals surface area contributed by atoms with E-state index in [1.165, 1.54) is 10.5 Å². The lowest BCUT2D eigenvalue weighted by atomic mass is 10.1. The number of hydrogen-bond acceptors (Lipinski definition) is 4. The Morgan fingerprint density at radius 3 is 2.57 bits per heavy atom. The summed E-state index contributed by atoms with van der Waals surface area (Å²) < 4.78 is 1.13. The summed E-state index contributed by atoms with van der Waals surface area (Å²) in [5.41, 5.74) is 1.31. The lowest BCUT2D eigenvalue weighted by Gasteiger charge is -2.19. The normalized spacial score (nSPS) is 17.4. The molecule has 5 heteroatoms. The predicted molar refractivity (Wildman–Crippen MR) is 107 cm³/mol. The van der Waals surface area contributed by atoms with Crippen molar-refractivity contribution in [2.45, 2.75) is 10.9 Å². The second-order valence-electron chi connectivity index (χ2n) is 5.29. The molecule has 1 unspecified atom stereocenters. The Morgan fingerprint density at radius 1 is 1.13 bits per heavy atom. The molecule has 2 nitrogen and oxygen atoms in total. The Balaban J connectivity index is 1.56. The van der Waals surface area contributed by atoms with Crippen molar-refractivity contribution in [3.8, 4) is 0 Å². The molecule has 0 N–H and O–H groups in total. The maximum Gasteiger partial charge on any atom is 0.159 e. The first kappa shape index (κ1) is 16.9. The van der Waals surface area contributed by atoms with E-state index >= 15 is 0 Å². The highest BCUT2D eigenvalue weighted by Crippen LogP contribution is 2.28. The summed E-state index contributed by atoms with van der Waals surface area (Å²) in [6.07, 6.45) is 2.11. The van der Waals surface area contributed by atoms with Crippen LogP contribution in [0.4, 0.5) is 0 Å². The Morgan fingerprint density at radius 2 is 1.87 bits per heavy atom. The van der Waals surface area contributed by atoms with E-state index in [9.17, 15) is 0 Å². The fourth-order valence-corrected chi connectivity index (χ4v) is 4.37. The molecule has 0 bridgehead atoms. The van der Waals surface area contributed by atoms with Gasteiger partial charge in [-0.2, -0.15) is 0 Å². The fraction of sp³-hybridized carbons (Fsp3) is 0.278. The minimum absolute atomic E-state index is 0.274. The third kappa shape index (κ3) is 4.55. The Hall–Kier alpha value is -0.910. The van der Waals surface area contributed by atoms with Crippen LogP contribution in [0.25, 0.3) is 0 Å². The number of amidine groups is 1. The molecule has 0 fully saturated rings. The van der Waals surface area contributed by atoms with Crippen LogP contribution >= 0.6 is 39.5 Å². The summed E-state index contributed by atoms with van der Waals surface area (Å²) in [7, 11) is 0. The van der Waals surface area contributed by atoms with Crippen molar-refractivity contribution in [1.82, 2.24) is 4.90 Å². The summed E-state index contributed by atoms with van der Waals surface area (Å²) in [5, 5.41) is 1.16. The minimum atomic E-state index is 0.274. The summed E-state index contributed by atoms with van der Waals surface area (Å²) >= 11 is 7.12. The monoisotopic (exact) mass is 406 g/mol. The lowest BCUT2D eigenvalue weighted by Crippen LogP contribution is -2.28. The van der Waals surface area contributed by atoms with Crippen LogP contribution in [-0.4, -0.2) is 35.2 Å². The van der Waals surface area contributed by atoms with Crippen LogP contribution in [0.3, 0.4) is 0 Å². The Bertz CT molecular complexity index is 658. The van der Waals surface area contributed by atoms with Gasteiger partial charge in [0.2, 0.25) is 0 Å². The van der Waals surface area contributed by atoms with Crippen LogP contribution in [0.15, 0.2) is 69.0 Å². The lowest BCUT2D eigenvalue weighted by molar-refractivity contribution is 0.457. The summed E-state index contributed by atoms with van der Waals surface area (Å²) in [4.78, 5) is 8.61. The van der Waals surface area contributed by atoms with E-state index in [0.717, 1.165) is 28.5 Å². The summed E-state index contributed by atoms with van der Waals surface area (Å²) in [6.45, 7) is 2.02. The van der Waals surface area contributed by atoms with Crippen LogP contribution < -0.4 is 0 Å². The standard InChI is InChI=1S/C18H19BrN2S2/c1-22-18-20-17(14-5-3-2-4-6-14)13-21(18)11-12-23-16-9-7-15(19)8-10-16/h2-10,17H,11-13H2,1H3. The molecule has 1 aliphatic rings. The van der Waals surface area contributed by atoms with Crippen LogP contribution in [-0.2, 0) is 0 Å². The average molecular weight is 407 g/mol. The number of aliphatic imine (C=N–C) groups is 1. The molecule has 2 aromatic rings. The molecule has 3 rings (SSSR count). The molecule has 0 saturated carbocycles. The van der Waals surface area contributed by atoms with Gasteiger partial charge >= 0.3 is 0 Å². The molecule has 1 heterocycles. The Labute approximate surface area is 154 Å². The Kier molecular flexibility index (Phi) is 6.08. The number of halogens is 1. The topological polar surface area (TPSA) is 15.6 Å². The van der Waals surface area contributed by atoms with Gasteiger partial charge in [-0.15, -0.1) is 11.8 Å². The molecule has 1 aliphatic heterocycles. The van der Waals surface area contributed by atoms with E-state index in [-0.39, 0.29) is 6.04 Å². The van der Waals surface area contributed by atoms with E-state index in [2.05, 4.69) is 81.7 Å². The summed E-state index contributed by atoms with van der Waals surface area (Å²) in [5.74, 6) is 1.07. The first-order chi connectivity index (χ1) is 11.3. The zero-order valence-corrected chi connectivity index (χ0v) is 16.2. The van der Waals surface area contributed by atoms with Crippen LogP contribution in [0, 0.1) is 0 Å².